The molecule has 2 unspecified atom stereocenters. The summed E-state index contributed by atoms with van der Waals surface area (Å²) in [6.07, 6.45) is 7.45. The monoisotopic (exact) mass is 261 g/mol. The van der Waals surface area contributed by atoms with Crippen molar-refractivity contribution in [3.05, 3.63) is 34.2 Å². The molecule has 1 saturated heterocycles. The van der Waals surface area contributed by atoms with Crippen LogP contribution in [0.1, 0.15) is 36.0 Å². The number of aryl methyl sites for hydroxylation is 1. The Labute approximate surface area is 112 Å². The molecule has 5 nitrogen and oxygen atoms in total. The number of nitrogens with one attached hydrogen (secondary N) is 2. The summed E-state index contributed by atoms with van der Waals surface area (Å²) < 4.78 is 1.73. The number of hydrogen-bond acceptors (Lipinski definition) is 3. The summed E-state index contributed by atoms with van der Waals surface area (Å²) >= 11 is 0. The normalized spacial score (nSPS) is 29.2. The molecule has 1 saturated carbocycles. The first-order chi connectivity index (χ1) is 9.11. The summed E-state index contributed by atoms with van der Waals surface area (Å²) in [6, 6.07) is 1.80. The number of nitrogens with zero attached hydrogens (tertiary/aromatic N) is 1. The largest absolute Gasteiger partial charge is 0.356 e. The highest BCUT2D eigenvalue weighted by Crippen LogP contribution is 2.36. The Hall–Kier alpha value is -1.62. The molecule has 2 N–H and O–H groups in total. The molecule has 0 aromatic carbocycles. The van der Waals surface area contributed by atoms with Gasteiger partial charge in [0.2, 0.25) is 0 Å². The third-order valence-corrected chi connectivity index (χ3v) is 4.41. The first-order valence-electron chi connectivity index (χ1n) is 6.83. The number of aromatic nitrogens is 1. The molecule has 19 heavy (non-hydrogen) atoms. The van der Waals surface area contributed by atoms with E-state index in [1.54, 1.807) is 17.0 Å². The van der Waals surface area contributed by atoms with Gasteiger partial charge in [-0.1, -0.05) is 0 Å². The zero-order valence-corrected chi connectivity index (χ0v) is 11.1. The van der Waals surface area contributed by atoms with E-state index >= 15 is 0 Å². The van der Waals surface area contributed by atoms with Crippen LogP contribution in [0.2, 0.25) is 0 Å². The van der Waals surface area contributed by atoms with Gasteiger partial charge >= 0.3 is 0 Å². The minimum Gasteiger partial charge on any atom is -0.356 e. The Balaban J connectivity index is 1.85. The number of carbonyl (C=O) groups excluding carboxylic acids is 1. The van der Waals surface area contributed by atoms with Crippen LogP contribution in [0.3, 0.4) is 0 Å². The van der Waals surface area contributed by atoms with Crippen molar-refractivity contribution in [1.82, 2.24) is 15.2 Å². The predicted octanol–water partition coefficient (Wildman–Crippen LogP) is 0.400. The minimum absolute atomic E-state index is 0.141. The van der Waals surface area contributed by atoms with E-state index < -0.39 is 0 Å². The van der Waals surface area contributed by atoms with Gasteiger partial charge in [0.05, 0.1) is 5.54 Å². The van der Waals surface area contributed by atoms with Gasteiger partial charge in [-0.05, 0) is 32.2 Å². The zero-order valence-electron chi connectivity index (χ0n) is 11.1. The van der Waals surface area contributed by atoms with Crippen molar-refractivity contribution in [3.63, 3.8) is 0 Å². The smallest absolute Gasteiger partial charge is 0.257 e. The Morgan fingerprint density at radius 1 is 1.53 bits per heavy atom. The van der Waals surface area contributed by atoms with Gasteiger partial charge in [-0.3, -0.25) is 9.59 Å². The molecular weight excluding hydrogens is 242 g/mol. The van der Waals surface area contributed by atoms with E-state index in [1.807, 2.05) is 7.05 Å². The average Bonchev–Trinajstić information content (AvgIpc) is 2.91. The zero-order chi connectivity index (χ0) is 13.5. The quantitative estimate of drug-likeness (QED) is 0.810. The van der Waals surface area contributed by atoms with E-state index in [1.165, 1.54) is 6.07 Å². The van der Waals surface area contributed by atoms with Crippen molar-refractivity contribution < 1.29 is 4.79 Å². The molecule has 102 valence electrons. The Kier molecular flexibility index (Phi) is 2.93. The molecule has 1 aliphatic carbocycles. The average molecular weight is 261 g/mol. The number of rotatable bonds is 2. The van der Waals surface area contributed by atoms with Crippen molar-refractivity contribution in [1.29, 1.82) is 0 Å². The lowest BCUT2D eigenvalue weighted by Crippen LogP contribution is -2.53. The van der Waals surface area contributed by atoms with Crippen molar-refractivity contribution in [2.45, 2.75) is 37.3 Å². The highest BCUT2D eigenvalue weighted by molar-refractivity contribution is 5.94. The van der Waals surface area contributed by atoms with Crippen LogP contribution in [-0.2, 0) is 7.05 Å². The molecule has 5 heteroatoms. The van der Waals surface area contributed by atoms with E-state index in [4.69, 9.17) is 0 Å². The maximum Gasteiger partial charge on any atom is 0.257 e. The summed E-state index contributed by atoms with van der Waals surface area (Å²) in [7, 11) is 1.81. The second-order valence-electron chi connectivity index (χ2n) is 5.65. The minimum atomic E-state index is -0.239. The Morgan fingerprint density at radius 2 is 2.37 bits per heavy atom. The summed E-state index contributed by atoms with van der Waals surface area (Å²) in [6.45, 7) is 0.942. The van der Waals surface area contributed by atoms with Crippen molar-refractivity contribution in [2.75, 3.05) is 6.54 Å². The van der Waals surface area contributed by atoms with E-state index in [0.29, 0.717) is 6.04 Å². The van der Waals surface area contributed by atoms with Crippen molar-refractivity contribution in [3.8, 4) is 0 Å². The summed E-state index contributed by atoms with van der Waals surface area (Å²) in [5, 5.41) is 6.57. The third kappa shape index (κ3) is 2.08. The Morgan fingerprint density at radius 3 is 3.21 bits per heavy atom. The fraction of sp³-hybridized carbons (Fsp3) is 0.571. The Bertz CT molecular complexity index is 554. The molecular formula is C14H19N3O2. The number of carbonyl (C=O) groups is 1. The molecule has 2 atom stereocenters. The van der Waals surface area contributed by atoms with Crippen LogP contribution in [0, 0.1) is 0 Å². The van der Waals surface area contributed by atoms with Gasteiger partial charge in [-0.25, -0.2) is 0 Å². The van der Waals surface area contributed by atoms with Gasteiger partial charge in [-0.15, -0.1) is 0 Å². The number of pyridine rings is 1. The highest BCUT2D eigenvalue weighted by atomic mass is 16.2. The number of amides is 1. The molecule has 1 aliphatic heterocycles. The lowest BCUT2D eigenvalue weighted by atomic mass is 9.92. The molecule has 2 heterocycles. The molecule has 0 radical (unpaired) electrons. The SMILES string of the molecule is Cn1ccc(=O)c(C(=O)NC23CCCC2NCC3)c1. The van der Waals surface area contributed by atoms with Crippen LogP contribution in [0.25, 0.3) is 0 Å². The van der Waals surface area contributed by atoms with Crippen molar-refractivity contribution >= 4 is 5.91 Å². The number of hydrogen-bond donors (Lipinski definition) is 2. The van der Waals surface area contributed by atoms with E-state index in [9.17, 15) is 9.59 Å². The standard InChI is InChI=1S/C14H19N3O2/c1-17-8-4-11(18)10(9-17)13(19)16-14-5-2-3-12(14)15-7-6-14/h4,8-9,12,15H,2-3,5-7H2,1H3,(H,16,19). The predicted molar refractivity (Wildman–Crippen MR) is 72.1 cm³/mol. The molecule has 2 aliphatic rings. The van der Waals surface area contributed by atoms with Crippen LogP contribution in [0.5, 0.6) is 0 Å². The molecule has 2 fully saturated rings. The van der Waals surface area contributed by atoms with Gasteiger partial charge in [0, 0.05) is 31.5 Å². The fourth-order valence-electron chi connectivity index (χ4n) is 3.40. The van der Waals surface area contributed by atoms with E-state index in [0.717, 1.165) is 32.2 Å². The first-order valence-corrected chi connectivity index (χ1v) is 6.83. The second kappa shape index (κ2) is 4.49. The fourth-order valence-corrected chi connectivity index (χ4v) is 3.40. The van der Waals surface area contributed by atoms with Gasteiger partial charge in [0.15, 0.2) is 5.43 Å². The lowest BCUT2D eigenvalue weighted by molar-refractivity contribution is 0.0896. The third-order valence-electron chi connectivity index (χ3n) is 4.41. The molecule has 1 aromatic heterocycles. The maximum atomic E-state index is 12.4. The topological polar surface area (TPSA) is 63.1 Å². The molecule has 0 bridgehead atoms. The second-order valence-corrected chi connectivity index (χ2v) is 5.65. The lowest BCUT2D eigenvalue weighted by Gasteiger charge is -2.30. The summed E-state index contributed by atoms with van der Waals surface area (Å²) in [5.41, 5.74) is -0.123. The van der Waals surface area contributed by atoms with Crippen LogP contribution in [0.4, 0.5) is 0 Å². The van der Waals surface area contributed by atoms with Crippen LogP contribution in [0.15, 0.2) is 23.3 Å². The van der Waals surface area contributed by atoms with Gasteiger partial charge < -0.3 is 15.2 Å². The molecule has 3 rings (SSSR count). The number of fused-ring (bicyclic) bond motifs is 1. The van der Waals surface area contributed by atoms with Crippen LogP contribution >= 0.6 is 0 Å². The molecule has 1 aromatic rings. The molecule has 1 amide bonds. The van der Waals surface area contributed by atoms with Crippen LogP contribution in [-0.4, -0.2) is 28.6 Å². The van der Waals surface area contributed by atoms with Gasteiger partial charge in [0.25, 0.3) is 5.91 Å². The molecule has 0 spiro atoms. The van der Waals surface area contributed by atoms with Crippen LogP contribution < -0.4 is 16.1 Å². The van der Waals surface area contributed by atoms with Crippen molar-refractivity contribution in [2.24, 2.45) is 7.05 Å². The van der Waals surface area contributed by atoms with Gasteiger partial charge in [-0.2, -0.15) is 0 Å². The van der Waals surface area contributed by atoms with E-state index in [-0.39, 0.29) is 22.4 Å². The summed E-state index contributed by atoms with van der Waals surface area (Å²) in [5.74, 6) is -0.239. The maximum absolute atomic E-state index is 12.4. The van der Waals surface area contributed by atoms with E-state index in [2.05, 4.69) is 10.6 Å². The highest BCUT2D eigenvalue weighted by Gasteiger charge is 2.47. The van der Waals surface area contributed by atoms with Gasteiger partial charge in [0.1, 0.15) is 5.56 Å². The summed E-state index contributed by atoms with van der Waals surface area (Å²) in [4.78, 5) is 24.1. The first kappa shape index (κ1) is 12.4.